The van der Waals surface area contributed by atoms with Crippen LogP contribution in [0.4, 0.5) is 52.7 Å². The Labute approximate surface area is 563 Å². The molecule has 1 aromatic heterocycles. The molecule has 0 amide bonds. The highest BCUT2D eigenvalue weighted by molar-refractivity contribution is 6.12. The van der Waals surface area contributed by atoms with Crippen LogP contribution < -0.4 is 0 Å². The topological polar surface area (TPSA) is 4.93 Å². The molecule has 14 rings (SSSR count). The molecule has 13 aromatic carbocycles. The Morgan fingerprint density at radius 3 is 0.737 bits per heavy atom. The summed E-state index contributed by atoms with van der Waals surface area (Å²) in [5, 5.41) is 1.60. The molecule has 0 saturated heterocycles. The van der Waals surface area contributed by atoms with E-state index in [4.69, 9.17) is 0 Å². The standard InChI is InChI=1S/C86H57F12N/c1-82(2,3)78-34-12-13-35-81(78)99-79-38-36-52(58-40-60(72-30-8-4-26-68(72)54-18-14-22-64(46-54)83(87,88)89)44-61(41-58)73-31-9-5-27-69(73)55-19-15-23-65(47-55)84(90,91)92)50-76(79)77-51-53(37-39-80(77)99)59-42-62(74-32-10-6-28-70(74)56-20-16-24-66(48-56)85(93,94)95)45-63(43-59)75-33-11-7-29-71(75)57-21-17-25-67(49-57)86(96,97)98/h4-51H,1-3H3. The fraction of sp³-hybridized carbons (Fsp3) is 0.0930. The summed E-state index contributed by atoms with van der Waals surface area (Å²) in [6.07, 6.45) is -18.5. The second kappa shape index (κ2) is 25.0. The maximum absolute atomic E-state index is 14.4. The van der Waals surface area contributed by atoms with Gasteiger partial charge in [0.15, 0.2) is 0 Å². The molecule has 490 valence electrons. The van der Waals surface area contributed by atoms with Crippen molar-refractivity contribution in [2.24, 2.45) is 0 Å². The van der Waals surface area contributed by atoms with Crippen LogP contribution in [0.25, 0.3) is 139 Å². The van der Waals surface area contributed by atoms with Gasteiger partial charge in [0, 0.05) is 16.5 Å². The van der Waals surface area contributed by atoms with Crippen molar-refractivity contribution in [2.45, 2.75) is 50.9 Å². The van der Waals surface area contributed by atoms with Gasteiger partial charge in [-0.3, -0.25) is 0 Å². The predicted octanol–water partition coefficient (Wildman–Crippen LogP) is 26.8. The normalized spacial score (nSPS) is 12.4. The largest absolute Gasteiger partial charge is 0.416 e. The van der Waals surface area contributed by atoms with Crippen LogP contribution in [0.15, 0.2) is 291 Å². The zero-order valence-corrected chi connectivity index (χ0v) is 53.2. The van der Waals surface area contributed by atoms with Crippen LogP contribution in [0.5, 0.6) is 0 Å². The van der Waals surface area contributed by atoms with Gasteiger partial charge in [-0.25, -0.2) is 0 Å². The van der Waals surface area contributed by atoms with Gasteiger partial charge in [0.05, 0.1) is 33.3 Å². The maximum atomic E-state index is 14.4. The molecule has 0 atom stereocenters. The summed E-state index contributed by atoms with van der Waals surface area (Å²) in [5.41, 5.74) is 10.8. The maximum Gasteiger partial charge on any atom is 0.416 e. The fourth-order valence-electron chi connectivity index (χ4n) is 13.6. The van der Waals surface area contributed by atoms with Crippen molar-refractivity contribution in [3.05, 3.63) is 319 Å². The minimum Gasteiger partial charge on any atom is -0.309 e. The van der Waals surface area contributed by atoms with Crippen LogP contribution in [0.3, 0.4) is 0 Å². The number of hydrogen-bond acceptors (Lipinski definition) is 0. The molecule has 14 aromatic rings. The molecule has 0 bridgehead atoms. The van der Waals surface area contributed by atoms with Gasteiger partial charge in [0.2, 0.25) is 0 Å². The highest BCUT2D eigenvalue weighted by atomic mass is 19.4. The summed E-state index contributed by atoms with van der Waals surface area (Å²) in [7, 11) is 0. The van der Waals surface area contributed by atoms with Gasteiger partial charge in [-0.05, 0) is 238 Å². The van der Waals surface area contributed by atoms with Gasteiger partial charge in [-0.2, -0.15) is 52.7 Å². The summed E-state index contributed by atoms with van der Waals surface area (Å²) < 4.78 is 175. The molecule has 1 nitrogen and oxygen atoms in total. The summed E-state index contributed by atoms with van der Waals surface area (Å²) in [5.74, 6) is 0. The molecule has 1 heterocycles. The van der Waals surface area contributed by atoms with E-state index in [0.29, 0.717) is 111 Å². The fourth-order valence-corrected chi connectivity index (χ4v) is 13.6. The Morgan fingerprint density at radius 2 is 0.465 bits per heavy atom. The van der Waals surface area contributed by atoms with E-state index in [2.05, 4.69) is 49.6 Å². The third-order valence-electron chi connectivity index (χ3n) is 18.2. The highest BCUT2D eigenvalue weighted by Crippen LogP contribution is 2.48. The molecular weight excluding hydrogens is 1270 g/mol. The number of aromatic nitrogens is 1. The van der Waals surface area contributed by atoms with Crippen molar-refractivity contribution in [2.75, 3.05) is 0 Å². The molecule has 0 N–H and O–H groups in total. The quantitative estimate of drug-likeness (QED) is 0.114. The number of alkyl halides is 12. The lowest BCUT2D eigenvalue weighted by Gasteiger charge is -2.24. The molecule has 0 aliphatic rings. The van der Waals surface area contributed by atoms with Gasteiger partial charge >= 0.3 is 24.7 Å². The molecule has 99 heavy (non-hydrogen) atoms. The number of rotatable bonds is 11. The summed E-state index contributed by atoms with van der Waals surface area (Å²) >= 11 is 0. The predicted molar refractivity (Wildman–Crippen MR) is 374 cm³/mol. The van der Waals surface area contributed by atoms with E-state index in [-0.39, 0.29) is 5.41 Å². The van der Waals surface area contributed by atoms with E-state index in [0.717, 1.165) is 81.6 Å². The molecule has 0 aliphatic carbocycles. The van der Waals surface area contributed by atoms with Crippen molar-refractivity contribution in [1.29, 1.82) is 0 Å². The van der Waals surface area contributed by atoms with Crippen molar-refractivity contribution in [3.8, 4) is 117 Å². The average Bonchev–Trinajstić information content (AvgIpc) is 1.61. The van der Waals surface area contributed by atoms with E-state index in [9.17, 15) is 52.7 Å². The van der Waals surface area contributed by atoms with E-state index < -0.39 is 47.0 Å². The first-order chi connectivity index (χ1) is 47.2. The number of fused-ring (bicyclic) bond motifs is 3. The van der Waals surface area contributed by atoms with Crippen LogP contribution in [0, 0.1) is 0 Å². The number of para-hydroxylation sites is 1. The minimum atomic E-state index is -4.63. The van der Waals surface area contributed by atoms with E-state index in [1.54, 1.807) is 97.1 Å². The van der Waals surface area contributed by atoms with Crippen LogP contribution in [-0.4, -0.2) is 4.57 Å². The first-order valence-electron chi connectivity index (χ1n) is 31.8. The monoisotopic (exact) mass is 1330 g/mol. The number of benzene rings is 13. The smallest absolute Gasteiger partial charge is 0.309 e. The molecule has 13 heteroatoms. The number of hydrogen-bond donors (Lipinski definition) is 0. The van der Waals surface area contributed by atoms with Crippen LogP contribution in [0.1, 0.15) is 48.6 Å². The molecule has 0 aliphatic heterocycles. The Kier molecular flexibility index (Phi) is 16.5. The van der Waals surface area contributed by atoms with Gasteiger partial charge < -0.3 is 4.57 Å². The minimum absolute atomic E-state index is 0.315. The third kappa shape index (κ3) is 12.9. The van der Waals surface area contributed by atoms with Gasteiger partial charge in [-0.15, -0.1) is 0 Å². The zero-order chi connectivity index (χ0) is 69.3. The molecule has 0 spiro atoms. The second-order valence-electron chi connectivity index (χ2n) is 25.7. The van der Waals surface area contributed by atoms with Crippen LogP contribution in [0.2, 0.25) is 0 Å². The van der Waals surface area contributed by atoms with Crippen LogP contribution >= 0.6 is 0 Å². The molecular formula is C86H57F12N. The first kappa shape index (κ1) is 65.1. The summed E-state index contributed by atoms with van der Waals surface area (Å²) in [6, 6.07) is 81.0. The Morgan fingerprint density at radius 1 is 0.212 bits per heavy atom. The molecule has 0 radical (unpaired) electrons. The van der Waals surface area contributed by atoms with Crippen LogP contribution in [-0.2, 0) is 30.1 Å². The SMILES string of the molecule is CC(C)(C)c1ccccc1-n1c2ccc(-c3cc(-c4ccccc4-c4cccc(C(F)(F)F)c4)cc(-c4ccccc4-c4cccc(C(F)(F)F)c4)c3)cc2c2cc(-c3cc(-c4ccccc4-c4cccc(C(F)(F)F)c4)cc(-c4ccccc4-c4cccc(C(F)(F)F)c4)c3)ccc21. The van der Waals surface area contributed by atoms with Gasteiger partial charge in [0.25, 0.3) is 0 Å². The number of halogens is 12. The van der Waals surface area contributed by atoms with Gasteiger partial charge in [-0.1, -0.05) is 197 Å². The third-order valence-corrected chi connectivity index (χ3v) is 18.2. The summed E-state index contributed by atoms with van der Waals surface area (Å²) in [4.78, 5) is 0. The highest BCUT2D eigenvalue weighted by Gasteiger charge is 2.34. The van der Waals surface area contributed by atoms with Crippen molar-refractivity contribution >= 4 is 21.8 Å². The lowest BCUT2D eigenvalue weighted by atomic mass is 9.85. The average molecular weight is 1330 g/mol. The summed E-state index contributed by atoms with van der Waals surface area (Å²) in [6.45, 7) is 6.41. The first-order valence-corrected chi connectivity index (χ1v) is 31.8. The Hall–Kier alpha value is -11.2. The Balaban J connectivity index is 1.02. The van der Waals surface area contributed by atoms with Crippen molar-refractivity contribution < 1.29 is 52.7 Å². The molecule has 0 saturated carbocycles. The van der Waals surface area contributed by atoms with E-state index in [1.807, 2.05) is 97.1 Å². The zero-order valence-electron chi connectivity index (χ0n) is 53.2. The van der Waals surface area contributed by atoms with Crippen molar-refractivity contribution in [3.63, 3.8) is 0 Å². The van der Waals surface area contributed by atoms with Crippen molar-refractivity contribution in [1.82, 2.24) is 4.57 Å². The molecule has 0 fully saturated rings. The van der Waals surface area contributed by atoms with Gasteiger partial charge in [0.1, 0.15) is 0 Å². The van der Waals surface area contributed by atoms with E-state index >= 15 is 0 Å². The van der Waals surface area contributed by atoms with E-state index in [1.165, 1.54) is 24.3 Å². The number of nitrogens with zero attached hydrogens (tertiary/aromatic N) is 1. The second-order valence-corrected chi connectivity index (χ2v) is 25.7. The lowest BCUT2D eigenvalue weighted by molar-refractivity contribution is -0.138. The molecule has 0 unspecified atom stereocenters. The lowest BCUT2D eigenvalue weighted by Crippen LogP contribution is -2.15. The Bertz CT molecular complexity index is 4900.